The second kappa shape index (κ2) is 8.71. The fourth-order valence-corrected chi connectivity index (χ4v) is 5.15. The summed E-state index contributed by atoms with van der Waals surface area (Å²) in [6.07, 6.45) is -2.97. The summed E-state index contributed by atoms with van der Waals surface area (Å²) in [6, 6.07) is 12.8. The number of aryl methyl sites for hydroxylation is 1. The number of nitrogens with two attached hydrogens (primary N) is 1. The van der Waals surface area contributed by atoms with E-state index in [0.717, 1.165) is 6.07 Å². The molecule has 5 rings (SSSR count). The molecule has 0 aliphatic heterocycles. The van der Waals surface area contributed by atoms with Crippen LogP contribution in [0.3, 0.4) is 0 Å². The Bertz CT molecular complexity index is 1550. The highest BCUT2D eigenvalue weighted by Gasteiger charge is 2.34. The normalized spacial score (nSPS) is 11.7. The minimum atomic E-state index is -4.51. The van der Waals surface area contributed by atoms with E-state index in [1.165, 1.54) is 39.3 Å². The highest BCUT2D eigenvalue weighted by atomic mass is 32.1. The maximum Gasteiger partial charge on any atom is 0.419 e. The lowest BCUT2D eigenvalue weighted by molar-refractivity contribution is -0.136. The maximum absolute atomic E-state index is 13.4. The van der Waals surface area contributed by atoms with Gasteiger partial charge < -0.3 is 16.4 Å². The summed E-state index contributed by atoms with van der Waals surface area (Å²) < 4.78 is 41.6. The van der Waals surface area contributed by atoms with Crippen LogP contribution in [0.4, 0.5) is 34.7 Å². The van der Waals surface area contributed by atoms with Gasteiger partial charge in [-0.25, -0.2) is 9.97 Å². The van der Waals surface area contributed by atoms with Gasteiger partial charge in [-0.15, -0.1) is 22.7 Å². The van der Waals surface area contributed by atoms with E-state index in [1.807, 2.05) is 0 Å². The van der Waals surface area contributed by atoms with Crippen LogP contribution in [0.5, 0.6) is 0 Å². The number of nitrogens with zero attached hydrogens (tertiary/aromatic N) is 3. The third kappa shape index (κ3) is 4.45. The second-order valence-corrected chi connectivity index (χ2v) is 9.47. The topological polar surface area (TPSA) is 97.3 Å². The number of imidazole rings is 1. The molecule has 4 aromatic heterocycles. The van der Waals surface area contributed by atoms with Gasteiger partial charge >= 0.3 is 6.18 Å². The molecule has 0 unspecified atom stereocenters. The van der Waals surface area contributed by atoms with Crippen molar-refractivity contribution in [2.45, 2.75) is 13.1 Å². The molecule has 0 fully saturated rings. The molecule has 4 N–H and O–H groups in total. The zero-order valence-electron chi connectivity index (χ0n) is 18.1. The maximum atomic E-state index is 13.4. The number of nitrogens with one attached hydrogen (secondary N) is 2. The van der Waals surface area contributed by atoms with E-state index in [4.69, 9.17) is 5.73 Å². The molecule has 12 heteroatoms. The number of pyridine rings is 1. The lowest BCUT2D eigenvalue weighted by atomic mass is 10.2. The molecule has 0 bridgehead atoms. The van der Waals surface area contributed by atoms with Gasteiger partial charge in [-0.1, -0.05) is 12.1 Å². The molecule has 0 saturated carbocycles. The third-order valence-electron chi connectivity index (χ3n) is 5.15. The number of aromatic nitrogens is 3. The van der Waals surface area contributed by atoms with Crippen molar-refractivity contribution in [1.29, 1.82) is 0 Å². The number of fused-ring (bicyclic) bond motifs is 1. The number of hydrogen-bond donors (Lipinski definition) is 3. The summed E-state index contributed by atoms with van der Waals surface area (Å²) in [6.45, 7) is 1.65. The van der Waals surface area contributed by atoms with Crippen LogP contribution in [-0.2, 0) is 6.18 Å². The number of benzene rings is 1. The van der Waals surface area contributed by atoms with Crippen LogP contribution < -0.4 is 16.4 Å². The van der Waals surface area contributed by atoms with Crippen molar-refractivity contribution >= 4 is 55.7 Å². The molecule has 0 radical (unpaired) electrons. The minimum absolute atomic E-state index is 0.164. The van der Waals surface area contributed by atoms with Crippen LogP contribution in [0.15, 0.2) is 60.1 Å². The van der Waals surface area contributed by atoms with E-state index < -0.39 is 11.7 Å². The van der Waals surface area contributed by atoms with Gasteiger partial charge in [0.2, 0.25) is 0 Å². The molecule has 5 aromatic rings. The van der Waals surface area contributed by atoms with Crippen molar-refractivity contribution < 1.29 is 18.0 Å². The van der Waals surface area contributed by atoms with Crippen LogP contribution in [0.25, 0.3) is 17.0 Å². The highest BCUT2D eigenvalue weighted by Crippen LogP contribution is 2.36. The first kappa shape index (κ1) is 22.9. The minimum Gasteiger partial charge on any atom is -0.397 e. The fraction of sp³-hybridized carbons (Fsp3) is 0.0870. The SMILES string of the molecule is Cc1nc2c(C(F)(F)F)cccn2c1-c1csc(Nc2ccc(C(=O)Nc3ccccc3N)s2)n1. The van der Waals surface area contributed by atoms with E-state index in [2.05, 4.69) is 20.6 Å². The molecule has 0 aliphatic carbocycles. The first-order valence-electron chi connectivity index (χ1n) is 10.2. The smallest absolute Gasteiger partial charge is 0.397 e. The molecule has 0 saturated heterocycles. The standard InChI is InChI=1S/C23H17F3N6OS2/c1-12-19(32-10-4-5-13(20(32)28-12)23(24,25)26)16-11-34-22(30-16)31-18-9-8-17(35-18)21(33)29-15-7-3-2-6-14(15)27/h2-11H,27H2,1H3,(H,29,33)(H,30,31). The van der Waals surface area contributed by atoms with Crippen molar-refractivity contribution in [1.82, 2.24) is 14.4 Å². The van der Waals surface area contributed by atoms with Gasteiger partial charge in [0, 0.05) is 11.6 Å². The number of thiazole rings is 1. The Hall–Kier alpha value is -3.90. The first-order valence-corrected chi connectivity index (χ1v) is 11.9. The number of nitrogen functional groups attached to an aromatic ring is 1. The van der Waals surface area contributed by atoms with E-state index in [9.17, 15) is 18.0 Å². The number of halogens is 3. The third-order valence-corrected chi connectivity index (χ3v) is 6.90. The molecular weight excluding hydrogens is 497 g/mol. The monoisotopic (exact) mass is 514 g/mol. The van der Waals surface area contributed by atoms with E-state index >= 15 is 0 Å². The van der Waals surface area contributed by atoms with Crippen LogP contribution in [0.2, 0.25) is 0 Å². The van der Waals surface area contributed by atoms with Crippen LogP contribution in [0.1, 0.15) is 20.9 Å². The van der Waals surface area contributed by atoms with Crippen molar-refractivity contribution in [3.8, 4) is 11.4 Å². The molecule has 4 heterocycles. The quantitative estimate of drug-likeness (QED) is 0.235. The molecule has 35 heavy (non-hydrogen) atoms. The number of alkyl halides is 3. The number of thiophene rings is 1. The number of para-hydroxylation sites is 2. The Morgan fingerprint density at radius 1 is 1.09 bits per heavy atom. The zero-order valence-corrected chi connectivity index (χ0v) is 19.7. The predicted molar refractivity (Wildman–Crippen MR) is 132 cm³/mol. The van der Waals surface area contributed by atoms with Gasteiger partial charge in [-0.05, 0) is 43.3 Å². The summed E-state index contributed by atoms with van der Waals surface area (Å²) in [4.78, 5) is 21.7. The average molecular weight is 515 g/mol. The molecule has 1 amide bonds. The van der Waals surface area contributed by atoms with E-state index in [0.29, 0.717) is 43.5 Å². The number of hydrogen-bond acceptors (Lipinski definition) is 7. The largest absolute Gasteiger partial charge is 0.419 e. The predicted octanol–water partition coefficient (Wildman–Crippen LogP) is 6.42. The highest BCUT2D eigenvalue weighted by molar-refractivity contribution is 7.19. The molecule has 0 atom stereocenters. The number of rotatable bonds is 5. The Morgan fingerprint density at radius 3 is 2.66 bits per heavy atom. The Kier molecular flexibility index (Phi) is 5.69. The molecular formula is C23H17F3N6OS2. The number of anilines is 4. The van der Waals surface area contributed by atoms with Gasteiger partial charge in [0.1, 0.15) is 11.3 Å². The molecule has 1 aromatic carbocycles. The summed E-state index contributed by atoms with van der Waals surface area (Å²) >= 11 is 2.53. The van der Waals surface area contributed by atoms with Gasteiger partial charge in [-0.3, -0.25) is 9.20 Å². The summed E-state index contributed by atoms with van der Waals surface area (Å²) in [5, 5.41) is 8.90. The molecule has 0 spiro atoms. The zero-order chi connectivity index (χ0) is 24.7. The first-order chi connectivity index (χ1) is 16.7. The van der Waals surface area contributed by atoms with Crippen LogP contribution in [-0.4, -0.2) is 20.3 Å². The van der Waals surface area contributed by atoms with E-state index in [-0.39, 0.29) is 11.6 Å². The molecule has 7 nitrogen and oxygen atoms in total. The van der Waals surface area contributed by atoms with Gasteiger partial charge in [0.25, 0.3) is 5.91 Å². The van der Waals surface area contributed by atoms with Crippen LogP contribution >= 0.6 is 22.7 Å². The fourth-order valence-electron chi connectivity index (χ4n) is 3.58. The van der Waals surface area contributed by atoms with Gasteiger partial charge in [0.15, 0.2) is 5.13 Å². The Labute approximate surface area is 205 Å². The second-order valence-electron chi connectivity index (χ2n) is 7.53. The average Bonchev–Trinajstić information content (AvgIpc) is 3.53. The van der Waals surface area contributed by atoms with Gasteiger partial charge in [-0.2, -0.15) is 13.2 Å². The Balaban J connectivity index is 1.37. The van der Waals surface area contributed by atoms with Crippen LogP contribution in [0, 0.1) is 6.92 Å². The van der Waals surface area contributed by atoms with Gasteiger partial charge in [0.05, 0.1) is 38.2 Å². The lowest BCUT2D eigenvalue weighted by Crippen LogP contribution is -2.11. The van der Waals surface area contributed by atoms with Crippen molar-refractivity contribution in [2.75, 3.05) is 16.4 Å². The van der Waals surface area contributed by atoms with Crippen molar-refractivity contribution in [3.63, 3.8) is 0 Å². The van der Waals surface area contributed by atoms with E-state index in [1.54, 1.807) is 48.7 Å². The number of carbonyl (C=O) groups excluding carboxylic acids is 1. The Morgan fingerprint density at radius 2 is 1.89 bits per heavy atom. The summed E-state index contributed by atoms with van der Waals surface area (Å²) in [5.41, 5.74) is 7.34. The molecule has 178 valence electrons. The lowest BCUT2D eigenvalue weighted by Gasteiger charge is -2.08. The molecule has 0 aliphatic rings. The summed E-state index contributed by atoms with van der Waals surface area (Å²) in [5.74, 6) is -0.289. The number of carbonyl (C=O) groups is 1. The number of amides is 1. The van der Waals surface area contributed by atoms with Crippen molar-refractivity contribution in [3.05, 3.63) is 76.2 Å². The summed E-state index contributed by atoms with van der Waals surface area (Å²) in [7, 11) is 0. The van der Waals surface area contributed by atoms with Crippen molar-refractivity contribution in [2.24, 2.45) is 0 Å².